The number of benzene rings is 1. The van der Waals surface area contributed by atoms with Crippen molar-refractivity contribution in [2.45, 2.75) is 71.1 Å². The van der Waals surface area contributed by atoms with Crippen LogP contribution in [0.1, 0.15) is 63.0 Å². The quantitative estimate of drug-likeness (QED) is 0.523. The van der Waals surface area contributed by atoms with Crippen molar-refractivity contribution in [3.63, 3.8) is 0 Å². The van der Waals surface area contributed by atoms with E-state index in [-0.39, 0.29) is 0 Å². The summed E-state index contributed by atoms with van der Waals surface area (Å²) in [7, 11) is 1.85. The number of nitrogens with one attached hydrogen (secondary N) is 2. The van der Waals surface area contributed by atoms with Crippen LogP contribution in [-0.2, 0) is 22.6 Å². The Bertz CT molecular complexity index is 603. The second-order valence-electron chi connectivity index (χ2n) is 8.28. The predicted molar refractivity (Wildman–Crippen MR) is 114 cm³/mol. The molecule has 28 heavy (non-hydrogen) atoms. The molecule has 5 nitrogen and oxygen atoms in total. The number of hydrogen-bond donors (Lipinski definition) is 2. The number of aliphatic imine (C=N–C) groups is 1. The topological polar surface area (TPSA) is 54.9 Å². The van der Waals surface area contributed by atoms with Crippen LogP contribution in [0.15, 0.2) is 29.3 Å². The van der Waals surface area contributed by atoms with E-state index in [1.54, 1.807) is 0 Å². The molecule has 1 aromatic carbocycles. The molecule has 1 heterocycles. The molecule has 0 unspecified atom stereocenters. The van der Waals surface area contributed by atoms with Gasteiger partial charge in [-0.1, -0.05) is 44.0 Å². The van der Waals surface area contributed by atoms with Gasteiger partial charge in [0.2, 0.25) is 0 Å². The van der Waals surface area contributed by atoms with Gasteiger partial charge in [-0.3, -0.25) is 4.99 Å². The Labute approximate surface area is 170 Å². The van der Waals surface area contributed by atoms with Gasteiger partial charge >= 0.3 is 0 Å². The molecule has 0 radical (unpaired) electrons. The van der Waals surface area contributed by atoms with Crippen LogP contribution in [0.25, 0.3) is 0 Å². The Balaban J connectivity index is 1.40. The zero-order valence-electron chi connectivity index (χ0n) is 17.6. The van der Waals surface area contributed by atoms with Crippen LogP contribution in [0.2, 0.25) is 0 Å². The summed E-state index contributed by atoms with van der Waals surface area (Å²) in [6.45, 7) is 6.44. The van der Waals surface area contributed by atoms with E-state index in [1.165, 1.54) is 43.2 Å². The minimum absolute atomic E-state index is 0.343. The fraction of sp³-hybridized carbons (Fsp3) is 0.696. The van der Waals surface area contributed by atoms with E-state index in [0.717, 1.165) is 45.1 Å². The first-order chi connectivity index (χ1) is 13.7. The maximum Gasteiger partial charge on any atom is 0.191 e. The van der Waals surface area contributed by atoms with Gasteiger partial charge in [0, 0.05) is 33.4 Å². The van der Waals surface area contributed by atoms with Gasteiger partial charge in [0.25, 0.3) is 0 Å². The van der Waals surface area contributed by atoms with E-state index in [0.29, 0.717) is 18.1 Å². The highest BCUT2D eigenvalue weighted by molar-refractivity contribution is 5.79. The largest absolute Gasteiger partial charge is 0.381 e. The van der Waals surface area contributed by atoms with Crippen molar-refractivity contribution in [2.24, 2.45) is 10.4 Å². The summed E-state index contributed by atoms with van der Waals surface area (Å²) in [4.78, 5) is 4.39. The van der Waals surface area contributed by atoms with Crippen LogP contribution in [0.5, 0.6) is 0 Å². The van der Waals surface area contributed by atoms with Crippen LogP contribution in [0.3, 0.4) is 0 Å². The Morgan fingerprint density at radius 3 is 2.43 bits per heavy atom. The van der Waals surface area contributed by atoms with Gasteiger partial charge in [0.05, 0.1) is 12.7 Å². The van der Waals surface area contributed by atoms with Crippen LogP contribution in [-0.4, -0.2) is 38.9 Å². The zero-order valence-corrected chi connectivity index (χ0v) is 17.6. The number of nitrogens with zero attached hydrogens (tertiary/aromatic N) is 1. The van der Waals surface area contributed by atoms with Crippen molar-refractivity contribution in [3.8, 4) is 0 Å². The Hall–Kier alpha value is -1.59. The van der Waals surface area contributed by atoms with Crippen molar-refractivity contribution < 1.29 is 9.47 Å². The molecule has 3 rings (SSSR count). The maximum atomic E-state index is 6.00. The van der Waals surface area contributed by atoms with Crippen LogP contribution < -0.4 is 10.6 Å². The molecular formula is C23H37N3O2. The minimum Gasteiger partial charge on any atom is -0.381 e. The average molecular weight is 388 g/mol. The number of guanidine groups is 1. The summed E-state index contributed by atoms with van der Waals surface area (Å²) < 4.78 is 11.4. The Morgan fingerprint density at radius 2 is 1.79 bits per heavy atom. The second kappa shape index (κ2) is 10.8. The van der Waals surface area contributed by atoms with Gasteiger partial charge in [0.15, 0.2) is 5.96 Å². The third-order valence-corrected chi connectivity index (χ3v) is 6.41. The molecule has 0 bridgehead atoms. The number of hydrogen-bond acceptors (Lipinski definition) is 3. The summed E-state index contributed by atoms with van der Waals surface area (Å²) in [5.41, 5.74) is 2.94. The molecule has 1 saturated heterocycles. The van der Waals surface area contributed by atoms with E-state index in [2.05, 4.69) is 46.8 Å². The monoisotopic (exact) mass is 387 g/mol. The van der Waals surface area contributed by atoms with Crippen molar-refractivity contribution in [1.82, 2.24) is 10.6 Å². The van der Waals surface area contributed by atoms with E-state index >= 15 is 0 Å². The van der Waals surface area contributed by atoms with Crippen molar-refractivity contribution in [1.29, 1.82) is 0 Å². The lowest BCUT2D eigenvalue weighted by molar-refractivity contribution is -0.0390. The van der Waals surface area contributed by atoms with Crippen molar-refractivity contribution in [2.75, 3.05) is 26.8 Å². The lowest BCUT2D eigenvalue weighted by Crippen LogP contribution is -2.42. The highest BCUT2D eigenvalue weighted by atomic mass is 16.5. The summed E-state index contributed by atoms with van der Waals surface area (Å²) in [5.74, 6) is 0.895. The van der Waals surface area contributed by atoms with Crippen molar-refractivity contribution in [3.05, 3.63) is 35.4 Å². The molecule has 0 spiro atoms. The molecule has 0 atom stereocenters. The normalized spacial score (nSPS) is 20.3. The van der Waals surface area contributed by atoms with Crippen molar-refractivity contribution >= 4 is 5.96 Å². The van der Waals surface area contributed by atoms with E-state index in [1.807, 2.05) is 7.05 Å². The Morgan fingerprint density at radius 1 is 1.11 bits per heavy atom. The van der Waals surface area contributed by atoms with Gasteiger partial charge in [-0.25, -0.2) is 0 Å². The molecule has 1 aliphatic heterocycles. The minimum atomic E-state index is 0.343. The molecule has 2 N–H and O–H groups in total. The van der Waals surface area contributed by atoms with Crippen LogP contribution in [0, 0.1) is 5.41 Å². The highest BCUT2D eigenvalue weighted by Crippen LogP contribution is 2.40. The first kappa shape index (κ1) is 21.1. The molecule has 5 heteroatoms. The fourth-order valence-corrected chi connectivity index (χ4v) is 4.27. The van der Waals surface area contributed by atoms with Crippen LogP contribution >= 0.6 is 0 Å². The van der Waals surface area contributed by atoms with Crippen LogP contribution in [0.4, 0.5) is 0 Å². The molecule has 2 aliphatic rings. The first-order valence-corrected chi connectivity index (χ1v) is 10.9. The molecule has 2 fully saturated rings. The predicted octanol–water partition coefficient (Wildman–Crippen LogP) is 4.02. The smallest absolute Gasteiger partial charge is 0.191 e. The fourth-order valence-electron chi connectivity index (χ4n) is 4.27. The zero-order chi connectivity index (χ0) is 19.7. The number of rotatable bonds is 8. The van der Waals surface area contributed by atoms with Gasteiger partial charge < -0.3 is 20.1 Å². The van der Waals surface area contributed by atoms with Gasteiger partial charge in [-0.15, -0.1) is 0 Å². The van der Waals surface area contributed by atoms with E-state index in [4.69, 9.17) is 9.47 Å². The average Bonchev–Trinajstić information content (AvgIpc) is 3.23. The van der Waals surface area contributed by atoms with Gasteiger partial charge in [-0.2, -0.15) is 0 Å². The molecule has 1 saturated carbocycles. The SMILES string of the molecule is CCC1(CNC(=NC)NCc2ccc(COC3CCOCC3)cc2)CCCC1. The molecule has 156 valence electrons. The molecular weight excluding hydrogens is 350 g/mol. The molecule has 1 aromatic rings. The third kappa shape index (κ3) is 6.21. The lowest BCUT2D eigenvalue weighted by atomic mass is 9.83. The summed E-state index contributed by atoms with van der Waals surface area (Å²) in [6, 6.07) is 8.68. The summed E-state index contributed by atoms with van der Waals surface area (Å²) in [6.07, 6.45) is 9.01. The molecule has 0 amide bonds. The van der Waals surface area contributed by atoms with Gasteiger partial charge in [0.1, 0.15) is 0 Å². The second-order valence-corrected chi connectivity index (χ2v) is 8.28. The highest BCUT2D eigenvalue weighted by Gasteiger charge is 2.31. The summed E-state index contributed by atoms with van der Waals surface area (Å²) in [5, 5.41) is 7.00. The van der Waals surface area contributed by atoms with E-state index in [9.17, 15) is 0 Å². The third-order valence-electron chi connectivity index (χ3n) is 6.41. The summed E-state index contributed by atoms with van der Waals surface area (Å²) >= 11 is 0. The molecule has 1 aliphatic carbocycles. The maximum absolute atomic E-state index is 6.00. The standard InChI is InChI=1S/C23H37N3O2/c1-3-23(12-4-5-13-23)18-26-22(24-2)25-16-19-6-8-20(9-7-19)17-28-21-10-14-27-15-11-21/h6-9,21H,3-5,10-18H2,1-2H3,(H2,24,25,26). The lowest BCUT2D eigenvalue weighted by Gasteiger charge is -2.28. The first-order valence-electron chi connectivity index (χ1n) is 10.9. The van der Waals surface area contributed by atoms with Gasteiger partial charge in [-0.05, 0) is 48.6 Å². The number of ether oxygens (including phenoxy) is 2. The molecule has 0 aromatic heterocycles. The Kier molecular flexibility index (Phi) is 8.16. The van der Waals surface area contributed by atoms with E-state index < -0.39 is 0 Å².